The van der Waals surface area contributed by atoms with Crippen molar-refractivity contribution < 1.29 is 16.3 Å². The molecule has 0 radical (unpaired) electrons. The lowest BCUT2D eigenvalue weighted by atomic mass is 10.1. The van der Waals surface area contributed by atoms with Crippen molar-refractivity contribution in [1.82, 2.24) is 30.4 Å². The quantitative estimate of drug-likeness (QED) is 0.589. The van der Waals surface area contributed by atoms with Crippen LogP contribution < -0.4 is 16.0 Å². The minimum Gasteiger partial charge on any atom is -0.414 e. The Labute approximate surface area is 193 Å². The summed E-state index contributed by atoms with van der Waals surface area (Å²) in [5.74, 6) is 2.64. The predicted molar refractivity (Wildman–Crippen MR) is 130 cm³/mol. The lowest BCUT2D eigenvalue weighted by molar-refractivity contribution is -0.130. The third-order valence-electron chi connectivity index (χ3n) is 6.24. The number of rotatable bonds is 6. The Balaban J connectivity index is 0.00000259. The number of amides is 1. The van der Waals surface area contributed by atoms with Crippen molar-refractivity contribution in [3.05, 3.63) is 36.0 Å². The third kappa shape index (κ3) is 3.56. The van der Waals surface area contributed by atoms with Gasteiger partial charge in [0.15, 0.2) is 11.5 Å². The standard InChI is InChI=1S/C22H26N8O2.5H2/c1-24-8-12-4-6-13(7-5-12)20-27-28-21(32-20)18-19(23)25-9-16(26-18)30-10-14-15(11-30)17(14)22(31)29(2)3;;;;;/h4-7,9,14-15,17,24H,8,10-11H2,1-3H3,(H2,23,25);5*1H. The topological polar surface area (TPSA) is 126 Å². The molecule has 0 bridgehead atoms. The maximum Gasteiger partial charge on any atom is 0.270 e. The highest BCUT2D eigenvalue weighted by Crippen LogP contribution is 2.53. The first kappa shape index (κ1) is 20.4. The highest BCUT2D eigenvalue weighted by atomic mass is 16.4. The molecule has 3 aromatic rings. The van der Waals surface area contributed by atoms with Gasteiger partial charge in [-0.25, -0.2) is 9.97 Å². The van der Waals surface area contributed by atoms with Crippen molar-refractivity contribution in [3.63, 3.8) is 0 Å². The predicted octanol–water partition coefficient (Wildman–Crippen LogP) is 2.50. The van der Waals surface area contributed by atoms with Gasteiger partial charge in [0.1, 0.15) is 5.82 Å². The molecule has 1 saturated carbocycles. The van der Waals surface area contributed by atoms with Crippen LogP contribution in [0.1, 0.15) is 12.7 Å². The van der Waals surface area contributed by atoms with Crippen molar-refractivity contribution in [3.8, 4) is 23.0 Å². The van der Waals surface area contributed by atoms with E-state index in [1.807, 2.05) is 31.3 Å². The van der Waals surface area contributed by atoms with E-state index in [0.717, 1.165) is 30.8 Å². The summed E-state index contributed by atoms with van der Waals surface area (Å²) in [5.41, 5.74) is 8.43. The number of benzene rings is 1. The smallest absolute Gasteiger partial charge is 0.270 e. The van der Waals surface area contributed by atoms with E-state index in [4.69, 9.17) is 10.2 Å². The first-order valence-corrected chi connectivity index (χ1v) is 10.6. The Hall–Kier alpha value is -3.53. The molecule has 1 aromatic carbocycles. The number of hydrogen-bond acceptors (Lipinski definition) is 9. The van der Waals surface area contributed by atoms with Crippen molar-refractivity contribution >= 4 is 17.5 Å². The maximum atomic E-state index is 12.2. The first-order chi connectivity index (χ1) is 15.5. The van der Waals surface area contributed by atoms with Crippen LogP contribution in [0.2, 0.25) is 0 Å². The molecule has 1 amide bonds. The van der Waals surface area contributed by atoms with E-state index in [9.17, 15) is 4.79 Å². The molecule has 10 heteroatoms. The summed E-state index contributed by atoms with van der Waals surface area (Å²) in [7, 11) is 5.52. The second-order valence-electron chi connectivity index (χ2n) is 8.59. The highest BCUT2D eigenvalue weighted by Gasteiger charge is 2.60. The van der Waals surface area contributed by atoms with E-state index >= 15 is 0 Å². The van der Waals surface area contributed by atoms with Gasteiger partial charge >= 0.3 is 0 Å². The first-order valence-electron chi connectivity index (χ1n) is 10.6. The third-order valence-corrected chi connectivity index (χ3v) is 6.24. The Morgan fingerprint density at radius 1 is 1.22 bits per heavy atom. The normalized spacial score (nSPS) is 21.5. The molecule has 5 rings (SSSR count). The van der Waals surface area contributed by atoms with Gasteiger partial charge in [0, 0.05) is 52.3 Å². The Kier molecular flexibility index (Phi) is 5.01. The molecule has 2 aliphatic rings. The van der Waals surface area contributed by atoms with Gasteiger partial charge in [0.25, 0.3) is 5.89 Å². The zero-order valence-corrected chi connectivity index (χ0v) is 18.3. The summed E-state index contributed by atoms with van der Waals surface area (Å²) in [6, 6.07) is 7.91. The lowest BCUT2D eigenvalue weighted by Crippen LogP contribution is -2.31. The molecule has 2 unspecified atom stereocenters. The van der Waals surface area contributed by atoms with E-state index in [0.29, 0.717) is 29.2 Å². The van der Waals surface area contributed by atoms with Crippen LogP contribution in [0.4, 0.5) is 11.6 Å². The SMILES string of the molecule is CNCc1ccc(-c2nnc(-c3nc(N4CC5C(C4)C5C(=O)N(C)C)cnc3N)o2)cc1.[HH].[HH].[HH].[HH].[HH]. The number of nitrogens with zero attached hydrogens (tertiary/aromatic N) is 6. The minimum atomic E-state index is 0. The van der Waals surface area contributed by atoms with Gasteiger partial charge in [0.05, 0.1) is 6.20 Å². The molecule has 10 nitrogen and oxygen atoms in total. The highest BCUT2D eigenvalue weighted by molar-refractivity contribution is 5.82. The average Bonchev–Trinajstić information content (AvgIpc) is 3.13. The molecule has 1 saturated heterocycles. The van der Waals surface area contributed by atoms with E-state index in [1.54, 1.807) is 25.2 Å². The summed E-state index contributed by atoms with van der Waals surface area (Å²) in [6.45, 7) is 2.35. The van der Waals surface area contributed by atoms with Gasteiger partial charge in [-0.2, -0.15) is 0 Å². The molecular weight excluding hydrogens is 408 g/mol. The summed E-state index contributed by atoms with van der Waals surface area (Å²) in [6.07, 6.45) is 1.66. The number of nitrogen functional groups attached to an aromatic ring is 1. The minimum absolute atomic E-state index is 0. The molecule has 32 heavy (non-hydrogen) atoms. The molecule has 1 aliphatic carbocycles. The van der Waals surface area contributed by atoms with Gasteiger partial charge in [-0.3, -0.25) is 4.79 Å². The van der Waals surface area contributed by atoms with Crippen LogP contribution in [0.5, 0.6) is 0 Å². The Bertz CT molecular complexity index is 1150. The van der Waals surface area contributed by atoms with E-state index in [-0.39, 0.29) is 30.7 Å². The molecule has 3 N–H and O–H groups in total. The van der Waals surface area contributed by atoms with Crippen LogP contribution >= 0.6 is 0 Å². The number of anilines is 2. The summed E-state index contributed by atoms with van der Waals surface area (Å²) in [5, 5.41) is 11.4. The number of carbonyl (C=O) groups is 1. The molecule has 176 valence electrons. The van der Waals surface area contributed by atoms with E-state index < -0.39 is 0 Å². The van der Waals surface area contributed by atoms with Crippen molar-refractivity contribution in [2.75, 3.05) is 44.9 Å². The van der Waals surface area contributed by atoms with Crippen LogP contribution in [0, 0.1) is 17.8 Å². The van der Waals surface area contributed by atoms with E-state index in [2.05, 4.69) is 30.4 Å². The van der Waals surface area contributed by atoms with Crippen LogP contribution in [0.15, 0.2) is 34.9 Å². The molecule has 1 aliphatic heterocycles. The van der Waals surface area contributed by atoms with Crippen molar-refractivity contribution in [2.45, 2.75) is 6.54 Å². The molecule has 2 fully saturated rings. The number of nitrogens with one attached hydrogen (secondary N) is 1. The van der Waals surface area contributed by atoms with Crippen molar-refractivity contribution in [1.29, 1.82) is 0 Å². The number of nitrogens with two attached hydrogens (primary N) is 1. The molecular formula is C22H36N8O2. The lowest BCUT2D eigenvalue weighted by Gasteiger charge is -2.21. The Morgan fingerprint density at radius 2 is 1.91 bits per heavy atom. The number of fused-ring (bicyclic) bond motifs is 1. The summed E-state index contributed by atoms with van der Waals surface area (Å²) in [4.78, 5) is 25.0. The van der Waals surface area contributed by atoms with Crippen LogP contribution in [0.25, 0.3) is 23.0 Å². The molecule has 3 heterocycles. The van der Waals surface area contributed by atoms with Gasteiger partial charge in [-0.05, 0) is 36.6 Å². The van der Waals surface area contributed by atoms with Gasteiger partial charge in [-0.1, -0.05) is 12.1 Å². The monoisotopic (exact) mass is 444 g/mol. The largest absolute Gasteiger partial charge is 0.414 e. The molecule has 2 atom stereocenters. The van der Waals surface area contributed by atoms with Gasteiger partial charge < -0.3 is 25.3 Å². The molecule has 0 spiro atoms. The number of piperidine rings is 1. The van der Waals surface area contributed by atoms with Gasteiger partial charge in [0.2, 0.25) is 11.8 Å². The zero-order chi connectivity index (χ0) is 22.4. The number of hydrogen-bond donors (Lipinski definition) is 2. The summed E-state index contributed by atoms with van der Waals surface area (Å²) < 4.78 is 5.87. The van der Waals surface area contributed by atoms with Crippen LogP contribution in [-0.2, 0) is 11.3 Å². The second kappa shape index (κ2) is 7.86. The molecule has 2 aromatic heterocycles. The summed E-state index contributed by atoms with van der Waals surface area (Å²) >= 11 is 0. The Morgan fingerprint density at radius 3 is 2.56 bits per heavy atom. The fourth-order valence-electron chi connectivity index (χ4n) is 4.48. The number of aromatic nitrogens is 4. The average molecular weight is 445 g/mol. The van der Waals surface area contributed by atoms with Crippen molar-refractivity contribution in [2.24, 2.45) is 17.8 Å². The van der Waals surface area contributed by atoms with Crippen LogP contribution in [-0.4, -0.2) is 65.2 Å². The van der Waals surface area contributed by atoms with E-state index in [1.165, 1.54) is 0 Å². The maximum absolute atomic E-state index is 12.2. The fourth-order valence-corrected chi connectivity index (χ4v) is 4.48. The van der Waals surface area contributed by atoms with Gasteiger partial charge in [-0.15, -0.1) is 10.2 Å². The fraction of sp³-hybridized carbons (Fsp3) is 0.409. The second-order valence-corrected chi connectivity index (χ2v) is 8.59. The van der Waals surface area contributed by atoms with Crippen LogP contribution in [0.3, 0.4) is 0 Å². The zero-order valence-electron chi connectivity index (χ0n) is 18.3. The number of carbonyl (C=O) groups excluding carboxylic acids is 1.